The summed E-state index contributed by atoms with van der Waals surface area (Å²) >= 11 is 0. The summed E-state index contributed by atoms with van der Waals surface area (Å²) in [4.78, 5) is 44.8. The molecule has 1 heterocycles. The highest BCUT2D eigenvalue weighted by atomic mass is 16.5. The summed E-state index contributed by atoms with van der Waals surface area (Å²) in [5, 5.41) is 11.6. The fourth-order valence-corrected chi connectivity index (χ4v) is 4.34. The number of anilines is 1. The van der Waals surface area contributed by atoms with E-state index in [1.165, 1.54) is 0 Å². The number of benzene rings is 2. The van der Waals surface area contributed by atoms with E-state index >= 15 is 0 Å². The van der Waals surface area contributed by atoms with Gasteiger partial charge in [0.1, 0.15) is 19.0 Å². The highest BCUT2D eigenvalue weighted by Gasteiger charge is 2.29. The molecule has 1 aliphatic carbocycles. The molecule has 1 aliphatic rings. The Labute approximate surface area is 195 Å². The highest BCUT2D eigenvalue weighted by Crippen LogP contribution is 2.39. The Morgan fingerprint density at radius 3 is 2.76 bits per heavy atom. The van der Waals surface area contributed by atoms with Crippen LogP contribution >= 0.6 is 0 Å². The van der Waals surface area contributed by atoms with Gasteiger partial charge in [-0.15, -0.1) is 6.42 Å². The number of aromatic nitrogens is 2. The van der Waals surface area contributed by atoms with Crippen LogP contribution in [0.25, 0.3) is 10.9 Å². The first-order valence-corrected chi connectivity index (χ1v) is 10.8. The molecule has 4 rings (SSSR count). The molecule has 1 aromatic heterocycles. The molecule has 3 N–H and O–H groups in total. The number of methoxy groups -OCH3 is 1. The van der Waals surface area contributed by atoms with E-state index in [0.29, 0.717) is 28.8 Å². The molecule has 2 aromatic carbocycles. The zero-order valence-electron chi connectivity index (χ0n) is 18.6. The fourth-order valence-electron chi connectivity index (χ4n) is 4.34. The number of hydrogen-bond acceptors (Lipinski definition) is 6. The van der Waals surface area contributed by atoms with Gasteiger partial charge in [0, 0.05) is 18.4 Å². The second kappa shape index (κ2) is 9.77. The van der Waals surface area contributed by atoms with E-state index in [9.17, 15) is 14.4 Å². The lowest BCUT2D eigenvalue weighted by Crippen LogP contribution is -2.30. The van der Waals surface area contributed by atoms with E-state index in [1.807, 2.05) is 12.1 Å². The number of carboxylic acids is 1. The average molecular weight is 460 g/mol. The van der Waals surface area contributed by atoms with Gasteiger partial charge in [0.15, 0.2) is 0 Å². The van der Waals surface area contributed by atoms with Crippen molar-refractivity contribution in [3.8, 4) is 12.3 Å². The molecule has 0 aliphatic heterocycles. The molecule has 0 saturated heterocycles. The van der Waals surface area contributed by atoms with Crippen LogP contribution in [0, 0.1) is 12.3 Å². The van der Waals surface area contributed by atoms with Gasteiger partial charge in [0.25, 0.3) is 11.5 Å². The monoisotopic (exact) mass is 460 g/mol. The molecule has 9 heteroatoms. The number of carboxylic acid groups (broad SMARTS) is 1. The maximum Gasteiger partial charge on any atom is 0.322 e. The van der Waals surface area contributed by atoms with Crippen molar-refractivity contribution in [2.24, 2.45) is 0 Å². The number of H-pyrrole nitrogens is 1. The Hall–Kier alpha value is -4.16. The number of rotatable bonds is 8. The van der Waals surface area contributed by atoms with Gasteiger partial charge in [0.05, 0.1) is 23.5 Å². The van der Waals surface area contributed by atoms with Crippen LogP contribution in [0.1, 0.15) is 39.8 Å². The number of amides is 1. The summed E-state index contributed by atoms with van der Waals surface area (Å²) < 4.78 is 5.09. The molecule has 0 radical (unpaired) electrons. The summed E-state index contributed by atoms with van der Waals surface area (Å²) in [6, 6.07) is 10.7. The van der Waals surface area contributed by atoms with E-state index < -0.39 is 18.4 Å². The van der Waals surface area contributed by atoms with Crippen molar-refractivity contribution >= 4 is 28.5 Å². The number of hydrogen-bond donors (Lipinski definition) is 3. The topological polar surface area (TPSA) is 125 Å². The molecule has 3 aromatic rings. The van der Waals surface area contributed by atoms with Crippen LogP contribution in [0.2, 0.25) is 0 Å². The first-order chi connectivity index (χ1) is 16.4. The van der Waals surface area contributed by atoms with Gasteiger partial charge in [-0.2, -0.15) is 0 Å². The van der Waals surface area contributed by atoms with Crippen LogP contribution in [-0.4, -0.2) is 47.2 Å². The number of aliphatic carboxylic acids is 1. The molecule has 34 heavy (non-hydrogen) atoms. The Bertz CT molecular complexity index is 1340. The SMILES string of the molecule is C#CCN(c1ccc(C(=O)NCC(=O)O)cc1)C1CCc2cc3nc(COC)[nH]c(=O)c3cc21. The Balaban J connectivity index is 1.65. The third-order valence-electron chi connectivity index (χ3n) is 5.84. The van der Waals surface area contributed by atoms with Crippen molar-refractivity contribution < 1.29 is 19.4 Å². The van der Waals surface area contributed by atoms with E-state index in [4.69, 9.17) is 16.3 Å². The number of nitrogens with one attached hydrogen (secondary N) is 2. The van der Waals surface area contributed by atoms with Crippen LogP contribution in [0.15, 0.2) is 41.2 Å². The maximum absolute atomic E-state index is 12.7. The van der Waals surface area contributed by atoms with Gasteiger partial charge in [-0.3, -0.25) is 14.4 Å². The van der Waals surface area contributed by atoms with Gasteiger partial charge in [-0.1, -0.05) is 5.92 Å². The lowest BCUT2D eigenvalue weighted by atomic mass is 10.0. The number of carbonyl (C=O) groups excluding carboxylic acids is 1. The molecule has 0 spiro atoms. The van der Waals surface area contributed by atoms with E-state index in [2.05, 4.69) is 26.1 Å². The number of aromatic amines is 1. The van der Waals surface area contributed by atoms with Crippen LogP contribution in [0.4, 0.5) is 5.69 Å². The van der Waals surface area contributed by atoms with Gasteiger partial charge in [0.2, 0.25) is 0 Å². The molecule has 1 atom stereocenters. The fraction of sp³-hybridized carbons (Fsp3) is 0.280. The highest BCUT2D eigenvalue weighted by molar-refractivity contribution is 5.96. The lowest BCUT2D eigenvalue weighted by molar-refractivity contribution is -0.135. The van der Waals surface area contributed by atoms with Crippen molar-refractivity contribution in [2.75, 3.05) is 25.1 Å². The second-order valence-electron chi connectivity index (χ2n) is 8.02. The zero-order valence-corrected chi connectivity index (χ0v) is 18.6. The number of ether oxygens (including phenoxy) is 1. The number of fused-ring (bicyclic) bond motifs is 2. The van der Waals surface area contributed by atoms with Gasteiger partial charge in [-0.05, 0) is 60.4 Å². The summed E-state index contributed by atoms with van der Waals surface area (Å²) in [6.45, 7) is 0.122. The van der Waals surface area contributed by atoms with Gasteiger partial charge < -0.3 is 25.0 Å². The Morgan fingerprint density at radius 2 is 2.09 bits per heavy atom. The number of carbonyl (C=O) groups is 2. The van der Waals surface area contributed by atoms with Crippen molar-refractivity contribution in [2.45, 2.75) is 25.5 Å². The Kier molecular flexibility index (Phi) is 6.61. The standard InChI is InChI=1S/C25H24N4O5/c1-3-10-29(17-7-4-15(5-8-17)24(32)26-13-23(30)31)21-9-6-16-11-20-19(12-18(16)21)25(33)28-22(27-20)14-34-2/h1,4-5,7-8,11-12,21H,6,9-10,13-14H2,2H3,(H,26,32)(H,30,31)(H,27,28,33). The Morgan fingerprint density at radius 1 is 1.32 bits per heavy atom. The van der Waals surface area contributed by atoms with Crippen LogP contribution in [0.5, 0.6) is 0 Å². The molecule has 9 nitrogen and oxygen atoms in total. The van der Waals surface area contributed by atoms with Crippen molar-refractivity contribution in [3.63, 3.8) is 0 Å². The maximum atomic E-state index is 12.7. The smallest absolute Gasteiger partial charge is 0.322 e. The quantitative estimate of drug-likeness (QED) is 0.439. The first kappa shape index (κ1) is 23.0. The van der Waals surface area contributed by atoms with Gasteiger partial charge >= 0.3 is 5.97 Å². The molecule has 0 saturated carbocycles. The number of aryl methyl sites for hydroxylation is 1. The molecule has 0 bridgehead atoms. The summed E-state index contributed by atoms with van der Waals surface area (Å²) in [7, 11) is 1.55. The predicted octanol–water partition coefficient (Wildman–Crippen LogP) is 2.01. The summed E-state index contributed by atoms with van der Waals surface area (Å²) in [5.74, 6) is 1.61. The predicted molar refractivity (Wildman–Crippen MR) is 127 cm³/mol. The van der Waals surface area contributed by atoms with Crippen LogP contribution in [-0.2, 0) is 22.6 Å². The molecule has 0 fully saturated rings. The van der Waals surface area contributed by atoms with Crippen molar-refractivity contribution in [1.29, 1.82) is 0 Å². The largest absolute Gasteiger partial charge is 0.480 e. The summed E-state index contributed by atoms with van der Waals surface area (Å²) in [5.41, 5.74) is 3.74. The average Bonchev–Trinajstić information content (AvgIpc) is 3.23. The number of terminal acetylenes is 1. The normalized spacial score (nSPS) is 14.4. The van der Waals surface area contributed by atoms with Gasteiger partial charge in [-0.25, -0.2) is 4.98 Å². The van der Waals surface area contributed by atoms with E-state index in [1.54, 1.807) is 31.4 Å². The summed E-state index contributed by atoms with van der Waals surface area (Å²) in [6.07, 6.45) is 7.31. The van der Waals surface area contributed by atoms with Crippen LogP contribution in [0.3, 0.4) is 0 Å². The molecule has 1 unspecified atom stereocenters. The molecule has 174 valence electrons. The van der Waals surface area contributed by atoms with Crippen LogP contribution < -0.4 is 15.8 Å². The van der Waals surface area contributed by atoms with E-state index in [-0.39, 0.29) is 18.2 Å². The minimum atomic E-state index is -1.11. The third kappa shape index (κ3) is 4.63. The van der Waals surface area contributed by atoms with E-state index in [0.717, 1.165) is 29.7 Å². The molecule has 1 amide bonds. The second-order valence-corrected chi connectivity index (χ2v) is 8.02. The zero-order chi connectivity index (χ0) is 24.2. The molecular weight excluding hydrogens is 436 g/mol. The van der Waals surface area contributed by atoms with Crippen molar-refractivity contribution in [1.82, 2.24) is 15.3 Å². The minimum absolute atomic E-state index is 0.0415. The molecular formula is C25H24N4O5. The minimum Gasteiger partial charge on any atom is -0.480 e. The first-order valence-electron chi connectivity index (χ1n) is 10.8. The van der Waals surface area contributed by atoms with Crippen molar-refractivity contribution in [3.05, 3.63) is 69.3 Å². The third-order valence-corrected chi connectivity index (χ3v) is 5.84. The number of nitrogens with zero attached hydrogens (tertiary/aromatic N) is 2. The lowest BCUT2D eigenvalue weighted by Gasteiger charge is -2.30.